The zero-order chi connectivity index (χ0) is 14.7. The molecule has 0 N–H and O–H groups in total. The zero-order valence-corrected chi connectivity index (χ0v) is 13.9. The van der Waals surface area contributed by atoms with E-state index in [1.165, 1.54) is 30.4 Å². The van der Waals surface area contributed by atoms with Gasteiger partial charge in [0.15, 0.2) is 0 Å². The maximum atomic E-state index is 6.74. The predicted molar refractivity (Wildman–Crippen MR) is 86.3 cm³/mol. The van der Waals surface area contributed by atoms with Crippen LogP contribution in [0.5, 0.6) is 0 Å². The highest BCUT2D eigenvalue weighted by Gasteiger charge is 2.41. The van der Waals surface area contributed by atoms with E-state index in [1.807, 2.05) is 0 Å². The zero-order valence-electron chi connectivity index (χ0n) is 13.1. The Kier molecular flexibility index (Phi) is 5.51. The lowest BCUT2D eigenvalue weighted by Crippen LogP contribution is -2.22. The summed E-state index contributed by atoms with van der Waals surface area (Å²) in [4.78, 5) is 0. The summed E-state index contributed by atoms with van der Waals surface area (Å²) in [6.07, 6.45) is 4.21. The molecular weight excluding hydrogens is 268 g/mol. The first-order chi connectivity index (χ1) is 9.54. The molecule has 0 aliphatic carbocycles. The fourth-order valence-corrected chi connectivity index (χ4v) is 3.85. The molecule has 1 heterocycles. The molecule has 1 aromatic rings. The fraction of sp³-hybridized carbons (Fsp3) is 0.667. The average molecular weight is 295 g/mol. The number of unbranched alkanes of at least 4 members (excludes halogenated alkanes) is 1. The van der Waals surface area contributed by atoms with E-state index in [-0.39, 0.29) is 11.5 Å². The summed E-state index contributed by atoms with van der Waals surface area (Å²) in [6, 6.07) is 8.86. The van der Waals surface area contributed by atoms with Gasteiger partial charge < -0.3 is 4.74 Å². The van der Waals surface area contributed by atoms with E-state index >= 15 is 0 Å². The molecule has 1 saturated heterocycles. The quantitative estimate of drug-likeness (QED) is 0.664. The van der Waals surface area contributed by atoms with Gasteiger partial charge in [-0.05, 0) is 43.7 Å². The SMILES string of the molecule is CCCCc1ccc(C(Cl)C2C(C)OC(C)C2C)cc1. The van der Waals surface area contributed by atoms with E-state index in [1.54, 1.807) is 0 Å². The molecule has 2 heteroatoms. The Morgan fingerprint density at radius 3 is 2.25 bits per heavy atom. The van der Waals surface area contributed by atoms with Gasteiger partial charge in [-0.25, -0.2) is 0 Å². The standard InChI is InChI=1S/C18H27ClO/c1-5-6-7-15-8-10-16(11-9-15)18(19)17-12(2)13(3)20-14(17)4/h8-14,17-18H,5-7H2,1-4H3. The topological polar surface area (TPSA) is 9.23 Å². The van der Waals surface area contributed by atoms with Crippen LogP contribution in [-0.2, 0) is 11.2 Å². The van der Waals surface area contributed by atoms with Gasteiger partial charge in [0, 0.05) is 5.92 Å². The van der Waals surface area contributed by atoms with E-state index in [4.69, 9.17) is 16.3 Å². The predicted octanol–water partition coefficient (Wildman–Crippen LogP) is 5.37. The first-order valence-electron chi connectivity index (χ1n) is 7.93. The Morgan fingerprint density at radius 2 is 1.75 bits per heavy atom. The molecule has 5 unspecified atom stereocenters. The molecule has 1 aliphatic rings. The van der Waals surface area contributed by atoms with Crippen molar-refractivity contribution in [2.75, 3.05) is 0 Å². The highest BCUT2D eigenvalue weighted by Crippen LogP contribution is 2.43. The van der Waals surface area contributed by atoms with Crippen LogP contribution >= 0.6 is 11.6 Å². The second-order valence-electron chi connectivity index (χ2n) is 6.23. The van der Waals surface area contributed by atoms with Crippen molar-refractivity contribution in [3.63, 3.8) is 0 Å². The minimum atomic E-state index is 0.0465. The largest absolute Gasteiger partial charge is 0.375 e. The molecule has 20 heavy (non-hydrogen) atoms. The van der Waals surface area contributed by atoms with Gasteiger partial charge in [-0.3, -0.25) is 0 Å². The third-order valence-electron chi connectivity index (χ3n) is 4.77. The van der Waals surface area contributed by atoms with E-state index in [2.05, 4.69) is 52.0 Å². The van der Waals surface area contributed by atoms with Crippen LogP contribution in [0, 0.1) is 11.8 Å². The van der Waals surface area contributed by atoms with Gasteiger partial charge in [0.25, 0.3) is 0 Å². The molecule has 1 aromatic carbocycles. The van der Waals surface area contributed by atoms with Crippen molar-refractivity contribution >= 4 is 11.6 Å². The minimum Gasteiger partial charge on any atom is -0.375 e. The Bertz CT molecular complexity index is 414. The van der Waals surface area contributed by atoms with Gasteiger partial charge in [-0.2, -0.15) is 0 Å². The lowest BCUT2D eigenvalue weighted by atomic mass is 9.84. The van der Waals surface area contributed by atoms with Crippen molar-refractivity contribution in [3.05, 3.63) is 35.4 Å². The highest BCUT2D eigenvalue weighted by atomic mass is 35.5. The van der Waals surface area contributed by atoms with Crippen LogP contribution in [0.2, 0.25) is 0 Å². The molecule has 0 spiro atoms. The lowest BCUT2D eigenvalue weighted by Gasteiger charge is -2.24. The summed E-state index contributed by atoms with van der Waals surface area (Å²) < 4.78 is 5.92. The van der Waals surface area contributed by atoms with Crippen LogP contribution in [0.25, 0.3) is 0 Å². The van der Waals surface area contributed by atoms with Crippen LogP contribution in [-0.4, -0.2) is 12.2 Å². The number of ether oxygens (including phenoxy) is 1. The van der Waals surface area contributed by atoms with E-state index in [0.717, 1.165) is 0 Å². The molecular formula is C18H27ClO. The van der Waals surface area contributed by atoms with Gasteiger partial charge >= 0.3 is 0 Å². The molecule has 2 rings (SSSR count). The van der Waals surface area contributed by atoms with Crippen molar-refractivity contribution in [2.45, 2.75) is 64.5 Å². The summed E-state index contributed by atoms with van der Waals surface area (Å²) in [5.74, 6) is 0.903. The van der Waals surface area contributed by atoms with Gasteiger partial charge in [0.05, 0.1) is 17.6 Å². The smallest absolute Gasteiger partial charge is 0.0641 e. The van der Waals surface area contributed by atoms with Crippen molar-refractivity contribution in [2.24, 2.45) is 11.8 Å². The van der Waals surface area contributed by atoms with Gasteiger partial charge in [0.1, 0.15) is 0 Å². The van der Waals surface area contributed by atoms with Gasteiger partial charge in [-0.1, -0.05) is 44.5 Å². The molecule has 0 radical (unpaired) electrons. The van der Waals surface area contributed by atoms with E-state index in [9.17, 15) is 0 Å². The summed E-state index contributed by atoms with van der Waals surface area (Å²) in [7, 11) is 0. The normalized spacial score (nSPS) is 31.4. The summed E-state index contributed by atoms with van der Waals surface area (Å²) in [5, 5.41) is 0.0465. The second kappa shape index (κ2) is 6.95. The van der Waals surface area contributed by atoms with Crippen LogP contribution in [0.4, 0.5) is 0 Å². The lowest BCUT2D eigenvalue weighted by molar-refractivity contribution is 0.0508. The number of halogens is 1. The molecule has 112 valence electrons. The first kappa shape index (κ1) is 15.9. The van der Waals surface area contributed by atoms with Crippen LogP contribution in [0.1, 0.15) is 57.0 Å². The minimum absolute atomic E-state index is 0.0465. The van der Waals surface area contributed by atoms with E-state index < -0.39 is 0 Å². The molecule has 1 fully saturated rings. The number of hydrogen-bond acceptors (Lipinski definition) is 1. The molecule has 0 bridgehead atoms. The molecule has 5 atom stereocenters. The van der Waals surface area contributed by atoms with Crippen molar-refractivity contribution in [1.82, 2.24) is 0 Å². The first-order valence-corrected chi connectivity index (χ1v) is 8.36. The molecule has 0 aromatic heterocycles. The van der Waals surface area contributed by atoms with E-state index in [0.29, 0.717) is 17.9 Å². The second-order valence-corrected chi connectivity index (χ2v) is 6.70. The van der Waals surface area contributed by atoms with Gasteiger partial charge in [0.2, 0.25) is 0 Å². The summed E-state index contributed by atoms with van der Waals surface area (Å²) in [5.41, 5.74) is 2.64. The van der Waals surface area contributed by atoms with Crippen LogP contribution in [0.3, 0.4) is 0 Å². The number of alkyl halides is 1. The maximum absolute atomic E-state index is 6.74. The molecule has 0 amide bonds. The maximum Gasteiger partial charge on any atom is 0.0641 e. The summed E-state index contributed by atoms with van der Waals surface area (Å²) in [6.45, 7) is 8.78. The number of benzene rings is 1. The Morgan fingerprint density at radius 1 is 1.10 bits per heavy atom. The Labute approximate surface area is 128 Å². The third kappa shape index (κ3) is 3.38. The van der Waals surface area contributed by atoms with Crippen molar-refractivity contribution < 1.29 is 4.74 Å². The molecule has 1 nitrogen and oxygen atoms in total. The van der Waals surface area contributed by atoms with Gasteiger partial charge in [-0.15, -0.1) is 11.6 Å². The van der Waals surface area contributed by atoms with Crippen LogP contribution in [0.15, 0.2) is 24.3 Å². The fourth-order valence-electron chi connectivity index (χ4n) is 3.27. The highest BCUT2D eigenvalue weighted by molar-refractivity contribution is 6.21. The Balaban J connectivity index is 2.07. The molecule has 0 saturated carbocycles. The molecule has 1 aliphatic heterocycles. The summed E-state index contributed by atoms with van der Waals surface area (Å²) >= 11 is 6.74. The Hall–Kier alpha value is -0.530. The number of aryl methyl sites for hydroxylation is 1. The number of rotatable bonds is 5. The van der Waals surface area contributed by atoms with Crippen LogP contribution < -0.4 is 0 Å². The number of hydrogen-bond donors (Lipinski definition) is 0. The van der Waals surface area contributed by atoms with Crippen molar-refractivity contribution in [3.8, 4) is 0 Å². The average Bonchev–Trinajstić information content (AvgIpc) is 2.70. The van der Waals surface area contributed by atoms with Crippen molar-refractivity contribution in [1.29, 1.82) is 0 Å². The monoisotopic (exact) mass is 294 g/mol. The third-order valence-corrected chi connectivity index (χ3v) is 5.32.